The number of thioether (sulfide) groups is 1. The second-order valence-electron chi connectivity index (χ2n) is 4.07. The molecule has 0 bridgehead atoms. The lowest BCUT2D eigenvalue weighted by molar-refractivity contribution is -0.00221. The maximum absolute atomic E-state index is 9.89. The molecular formula is C13H18O2S. The number of hydrogen-bond donors (Lipinski definition) is 1. The van der Waals surface area contributed by atoms with Gasteiger partial charge < -0.3 is 9.84 Å². The van der Waals surface area contributed by atoms with E-state index in [0.29, 0.717) is 0 Å². The minimum atomic E-state index is -0.293. The summed E-state index contributed by atoms with van der Waals surface area (Å²) in [5, 5.41) is 9.89. The molecule has 16 heavy (non-hydrogen) atoms. The van der Waals surface area contributed by atoms with Gasteiger partial charge in [0.25, 0.3) is 0 Å². The van der Waals surface area contributed by atoms with Gasteiger partial charge >= 0.3 is 0 Å². The van der Waals surface area contributed by atoms with Gasteiger partial charge in [-0.25, -0.2) is 0 Å². The molecule has 0 unspecified atom stereocenters. The van der Waals surface area contributed by atoms with Crippen LogP contribution in [-0.4, -0.2) is 29.7 Å². The van der Waals surface area contributed by atoms with Gasteiger partial charge in [0.2, 0.25) is 0 Å². The Balaban J connectivity index is 1.67. The highest BCUT2D eigenvalue weighted by molar-refractivity contribution is 7.99. The van der Waals surface area contributed by atoms with Crippen molar-refractivity contribution >= 4 is 11.8 Å². The van der Waals surface area contributed by atoms with E-state index in [9.17, 15) is 5.11 Å². The molecule has 2 atom stereocenters. The van der Waals surface area contributed by atoms with Gasteiger partial charge in [-0.15, -0.1) is 11.8 Å². The van der Waals surface area contributed by atoms with Crippen LogP contribution < -0.4 is 0 Å². The van der Waals surface area contributed by atoms with Crippen LogP contribution in [0.5, 0.6) is 0 Å². The monoisotopic (exact) mass is 238 g/mol. The predicted octanol–water partition coefficient (Wildman–Crippen LogP) is 2.71. The molecular weight excluding hydrogens is 220 g/mol. The fourth-order valence-electron chi connectivity index (χ4n) is 1.91. The Bertz CT molecular complexity index is 296. The summed E-state index contributed by atoms with van der Waals surface area (Å²) in [5.74, 6) is 0.949. The van der Waals surface area contributed by atoms with Gasteiger partial charge in [-0.1, -0.05) is 18.2 Å². The molecule has 0 spiro atoms. The van der Waals surface area contributed by atoms with Crippen LogP contribution in [0.1, 0.15) is 19.3 Å². The molecule has 2 nitrogen and oxygen atoms in total. The van der Waals surface area contributed by atoms with Gasteiger partial charge in [-0.05, 0) is 31.4 Å². The zero-order chi connectivity index (χ0) is 11.2. The number of aliphatic hydroxyl groups is 1. The molecule has 3 heteroatoms. The van der Waals surface area contributed by atoms with Crippen LogP contribution in [0.3, 0.4) is 0 Å². The average molecular weight is 238 g/mol. The highest BCUT2D eigenvalue weighted by Gasteiger charge is 2.23. The Kier molecular flexibility index (Phi) is 4.69. The summed E-state index contributed by atoms with van der Waals surface area (Å²) in [6, 6.07) is 10.3. The topological polar surface area (TPSA) is 29.5 Å². The lowest BCUT2D eigenvalue weighted by atomic mass is 10.1. The molecule has 1 aromatic rings. The summed E-state index contributed by atoms with van der Waals surface area (Å²) in [7, 11) is 0. The molecule has 88 valence electrons. The average Bonchev–Trinajstić information content (AvgIpc) is 2.84. The molecule has 1 aliphatic rings. The first-order valence-electron chi connectivity index (χ1n) is 5.84. The smallest absolute Gasteiger partial charge is 0.0835 e. The van der Waals surface area contributed by atoms with Crippen molar-refractivity contribution in [2.24, 2.45) is 0 Å². The van der Waals surface area contributed by atoms with Crippen molar-refractivity contribution < 1.29 is 9.84 Å². The summed E-state index contributed by atoms with van der Waals surface area (Å²) in [4.78, 5) is 1.27. The molecule has 1 saturated heterocycles. The van der Waals surface area contributed by atoms with E-state index in [1.54, 1.807) is 11.8 Å². The zero-order valence-electron chi connectivity index (χ0n) is 9.34. The molecule has 0 aliphatic carbocycles. The third-order valence-corrected chi connectivity index (χ3v) is 3.86. The number of rotatable bonds is 5. The van der Waals surface area contributed by atoms with Crippen LogP contribution in [0.15, 0.2) is 35.2 Å². The van der Waals surface area contributed by atoms with Gasteiger partial charge in [-0.3, -0.25) is 0 Å². The molecule has 0 saturated carbocycles. The fourth-order valence-corrected chi connectivity index (χ4v) is 2.85. The largest absolute Gasteiger partial charge is 0.390 e. The number of aliphatic hydroxyl groups excluding tert-OH is 1. The first-order valence-corrected chi connectivity index (χ1v) is 6.82. The van der Waals surface area contributed by atoms with Crippen LogP contribution in [0, 0.1) is 0 Å². The van der Waals surface area contributed by atoms with E-state index >= 15 is 0 Å². The van der Waals surface area contributed by atoms with Gasteiger partial charge in [0, 0.05) is 17.3 Å². The molecule has 1 aromatic carbocycles. The summed E-state index contributed by atoms with van der Waals surface area (Å²) >= 11 is 1.79. The third-order valence-electron chi connectivity index (χ3n) is 2.82. The number of ether oxygens (including phenoxy) is 1. The fraction of sp³-hybridized carbons (Fsp3) is 0.538. The summed E-state index contributed by atoms with van der Waals surface area (Å²) in [5.41, 5.74) is 0. The molecule has 1 heterocycles. The summed E-state index contributed by atoms with van der Waals surface area (Å²) < 4.78 is 5.46. The Morgan fingerprint density at radius 1 is 1.38 bits per heavy atom. The van der Waals surface area contributed by atoms with E-state index in [2.05, 4.69) is 12.1 Å². The highest BCUT2D eigenvalue weighted by Crippen LogP contribution is 2.22. The third kappa shape index (κ3) is 3.51. The van der Waals surface area contributed by atoms with E-state index in [1.165, 1.54) is 4.90 Å². The number of hydrogen-bond acceptors (Lipinski definition) is 3. The Morgan fingerprint density at radius 2 is 2.19 bits per heavy atom. The normalized spacial score (nSPS) is 22.2. The van der Waals surface area contributed by atoms with E-state index in [-0.39, 0.29) is 12.2 Å². The molecule has 1 N–H and O–H groups in total. The van der Waals surface area contributed by atoms with Crippen molar-refractivity contribution in [1.29, 1.82) is 0 Å². The Hall–Kier alpha value is -0.510. The maximum atomic E-state index is 9.89. The van der Waals surface area contributed by atoms with E-state index in [4.69, 9.17) is 4.74 Å². The molecule has 1 aliphatic heterocycles. The summed E-state index contributed by atoms with van der Waals surface area (Å²) in [6.07, 6.45) is 2.70. The number of benzene rings is 1. The molecule has 0 amide bonds. The molecule has 2 rings (SSSR count). The molecule has 0 radical (unpaired) electrons. The van der Waals surface area contributed by atoms with Crippen molar-refractivity contribution in [1.82, 2.24) is 0 Å². The van der Waals surface area contributed by atoms with Crippen molar-refractivity contribution in [3.63, 3.8) is 0 Å². The van der Waals surface area contributed by atoms with Gasteiger partial charge in [0.15, 0.2) is 0 Å². The standard InChI is InChI=1S/C13H18O2S/c14-12(13-7-4-9-15-13)8-10-16-11-5-2-1-3-6-11/h1-3,5-6,12-14H,4,7-10H2/t12-,13-/m0/s1. The SMILES string of the molecule is O[C@@H](CCSc1ccccc1)[C@@H]1CCCO1. The van der Waals surface area contributed by atoms with Crippen LogP contribution >= 0.6 is 11.8 Å². The highest BCUT2D eigenvalue weighted by atomic mass is 32.2. The van der Waals surface area contributed by atoms with Crippen LogP contribution in [0.4, 0.5) is 0 Å². The Labute approximate surface area is 101 Å². The van der Waals surface area contributed by atoms with Gasteiger partial charge in [0.1, 0.15) is 0 Å². The van der Waals surface area contributed by atoms with Crippen LogP contribution in [-0.2, 0) is 4.74 Å². The predicted molar refractivity (Wildman–Crippen MR) is 66.8 cm³/mol. The summed E-state index contributed by atoms with van der Waals surface area (Å²) in [6.45, 7) is 0.813. The van der Waals surface area contributed by atoms with Crippen molar-refractivity contribution in [3.05, 3.63) is 30.3 Å². The first-order chi connectivity index (χ1) is 7.86. The first kappa shape index (κ1) is 12.0. The quantitative estimate of drug-likeness (QED) is 0.800. The van der Waals surface area contributed by atoms with Gasteiger partial charge in [-0.2, -0.15) is 0 Å². The van der Waals surface area contributed by atoms with E-state index in [1.807, 2.05) is 18.2 Å². The lowest BCUT2D eigenvalue weighted by Crippen LogP contribution is -2.25. The van der Waals surface area contributed by atoms with Crippen molar-refractivity contribution in [2.45, 2.75) is 36.4 Å². The second kappa shape index (κ2) is 6.28. The van der Waals surface area contributed by atoms with E-state index < -0.39 is 0 Å². The van der Waals surface area contributed by atoms with Gasteiger partial charge in [0.05, 0.1) is 12.2 Å². The maximum Gasteiger partial charge on any atom is 0.0835 e. The minimum Gasteiger partial charge on any atom is -0.390 e. The second-order valence-corrected chi connectivity index (χ2v) is 5.24. The minimum absolute atomic E-state index is 0.0800. The molecule has 0 aromatic heterocycles. The van der Waals surface area contributed by atoms with E-state index in [0.717, 1.165) is 31.6 Å². The molecule has 1 fully saturated rings. The van der Waals surface area contributed by atoms with Crippen molar-refractivity contribution in [2.75, 3.05) is 12.4 Å². The van der Waals surface area contributed by atoms with Crippen LogP contribution in [0.25, 0.3) is 0 Å². The lowest BCUT2D eigenvalue weighted by Gasteiger charge is -2.16. The zero-order valence-corrected chi connectivity index (χ0v) is 10.2. The Morgan fingerprint density at radius 3 is 2.88 bits per heavy atom. The van der Waals surface area contributed by atoms with Crippen molar-refractivity contribution in [3.8, 4) is 0 Å². The van der Waals surface area contributed by atoms with Crippen LogP contribution in [0.2, 0.25) is 0 Å².